The summed E-state index contributed by atoms with van der Waals surface area (Å²) in [6.07, 6.45) is 0. The van der Waals surface area contributed by atoms with Gasteiger partial charge in [-0.05, 0) is 66.9 Å². The van der Waals surface area contributed by atoms with Gasteiger partial charge < -0.3 is 4.90 Å². The minimum atomic E-state index is -0.0808. The van der Waals surface area contributed by atoms with E-state index >= 15 is 0 Å². The quantitative estimate of drug-likeness (QED) is 0.296. The van der Waals surface area contributed by atoms with Crippen LogP contribution in [0.2, 0.25) is 0 Å². The number of anilines is 2. The van der Waals surface area contributed by atoms with Gasteiger partial charge in [0.15, 0.2) is 11.6 Å². The van der Waals surface area contributed by atoms with E-state index in [0.29, 0.717) is 28.8 Å². The summed E-state index contributed by atoms with van der Waals surface area (Å²) in [7, 11) is 0. The summed E-state index contributed by atoms with van der Waals surface area (Å²) < 4.78 is 0. The van der Waals surface area contributed by atoms with E-state index in [2.05, 4.69) is 55.1 Å². The van der Waals surface area contributed by atoms with Crippen LogP contribution in [-0.2, 0) is 6.54 Å². The fourth-order valence-corrected chi connectivity index (χ4v) is 5.99. The first kappa shape index (κ1) is 20.0. The molecule has 3 nitrogen and oxygen atoms in total. The highest BCUT2D eigenvalue weighted by Crippen LogP contribution is 2.49. The Hall–Kier alpha value is -3.63. The van der Waals surface area contributed by atoms with Crippen molar-refractivity contribution in [3.05, 3.63) is 118 Å². The summed E-state index contributed by atoms with van der Waals surface area (Å²) in [6.45, 7) is 4.84. The number of benzene rings is 4. The zero-order chi connectivity index (χ0) is 22.7. The fraction of sp³-hybridized carbons (Fsp3) is 0.103. The molecule has 0 spiro atoms. The molecule has 0 radical (unpaired) electrons. The molecule has 2 aliphatic rings. The lowest BCUT2D eigenvalue weighted by Crippen LogP contribution is -2.23. The second-order valence-corrected chi connectivity index (χ2v) is 9.80. The number of ketones is 2. The Morgan fingerprint density at radius 3 is 1.79 bits per heavy atom. The van der Waals surface area contributed by atoms with Crippen molar-refractivity contribution in [1.82, 2.24) is 0 Å². The van der Waals surface area contributed by atoms with Crippen molar-refractivity contribution in [2.75, 3.05) is 4.90 Å². The van der Waals surface area contributed by atoms with Crippen LogP contribution in [0.4, 0.5) is 11.4 Å². The van der Waals surface area contributed by atoms with E-state index in [0.717, 1.165) is 16.9 Å². The highest BCUT2D eigenvalue weighted by Gasteiger charge is 2.30. The van der Waals surface area contributed by atoms with Crippen LogP contribution < -0.4 is 4.90 Å². The number of rotatable bonds is 2. The molecule has 0 bridgehead atoms. The molecule has 4 heteroatoms. The fourth-order valence-electron chi connectivity index (χ4n) is 4.70. The molecular weight excluding hydrogens is 426 g/mol. The van der Waals surface area contributed by atoms with E-state index in [9.17, 15) is 9.59 Å². The lowest BCUT2D eigenvalue weighted by atomic mass is 9.83. The minimum absolute atomic E-state index is 0.0803. The Bertz CT molecular complexity index is 1440. The van der Waals surface area contributed by atoms with Gasteiger partial charge in [0.25, 0.3) is 0 Å². The molecule has 33 heavy (non-hydrogen) atoms. The number of fused-ring (bicyclic) bond motifs is 4. The molecule has 1 aliphatic carbocycles. The Balaban J connectivity index is 1.44. The van der Waals surface area contributed by atoms with Crippen molar-refractivity contribution in [1.29, 1.82) is 0 Å². The first-order chi connectivity index (χ1) is 16.0. The Morgan fingerprint density at radius 1 is 0.636 bits per heavy atom. The minimum Gasteiger partial charge on any atom is -0.335 e. The van der Waals surface area contributed by atoms with Crippen LogP contribution in [0.25, 0.3) is 0 Å². The van der Waals surface area contributed by atoms with Crippen molar-refractivity contribution < 1.29 is 9.59 Å². The van der Waals surface area contributed by atoms with E-state index in [1.807, 2.05) is 24.3 Å². The zero-order valence-electron chi connectivity index (χ0n) is 18.4. The molecule has 0 amide bonds. The molecule has 1 heterocycles. The molecule has 6 rings (SSSR count). The summed E-state index contributed by atoms with van der Waals surface area (Å²) in [5.74, 6) is -0.161. The van der Waals surface area contributed by atoms with E-state index in [4.69, 9.17) is 0 Å². The lowest BCUT2D eigenvalue weighted by Gasteiger charge is -2.33. The third-order valence-corrected chi connectivity index (χ3v) is 7.46. The molecular formula is C29H21NO2S. The number of aryl methyl sites for hydroxylation is 2. The summed E-state index contributed by atoms with van der Waals surface area (Å²) >= 11 is 1.80. The van der Waals surface area contributed by atoms with E-state index in [-0.39, 0.29) is 11.6 Å². The van der Waals surface area contributed by atoms with Gasteiger partial charge in [-0.25, -0.2) is 0 Å². The summed E-state index contributed by atoms with van der Waals surface area (Å²) in [5, 5.41) is 0. The molecule has 0 unspecified atom stereocenters. The molecule has 0 atom stereocenters. The first-order valence-electron chi connectivity index (χ1n) is 11.0. The predicted octanol–water partition coefficient (Wildman–Crippen LogP) is 6.88. The number of hydrogen-bond acceptors (Lipinski definition) is 4. The third-order valence-electron chi connectivity index (χ3n) is 6.36. The maximum absolute atomic E-state index is 13.2. The van der Waals surface area contributed by atoms with Crippen molar-refractivity contribution in [2.24, 2.45) is 0 Å². The second-order valence-electron chi connectivity index (χ2n) is 8.71. The van der Waals surface area contributed by atoms with Crippen LogP contribution in [0.15, 0.2) is 88.7 Å². The third kappa shape index (κ3) is 3.21. The largest absolute Gasteiger partial charge is 0.335 e. The molecule has 0 aromatic heterocycles. The monoisotopic (exact) mass is 447 g/mol. The van der Waals surface area contributed by atoms with E-state index in [1.165, 1.54) is 20.9 Å². The molecule has 0 saturated heterocycles. The lowest BCUT2D eigenvalue weighted by molar-refractivity contribution is 0.0979. The predicted molar refractivity (Wildman–Crippen MR) is 132 cm³/mol. The first-order valence-corrected chi connectivity index (χ1v) is 11.8. The Kier molecular flexibility index (Phi) is 4.52. The van der Waals surface area contributed by atoms with Crippen molar-refractivity contribution >= 4 is 34.7 Å². The smallest absolute Gasteiger partial charge is 0.194 e. The molecule has 0 N–H and O–H groups in total. The van der Waals surface area contributed by atoms with Crippen LogP contribution in [-0.4, -0.2) is 11.6 Å². The van der Waals surface area contributed by atoms with Gasteiger partial charge in [-0.1, -0.05) is 54.2 Å². The standard InChI is InChI=1S/C29H21NO2S/c1-17-7-11-24-26(13-17)33-27-14-18(2)8-12-25(27)30(24)16-19-9-10-22-23(15-19)29(32)21-6-4-3-5-20(21)28(22)31/h3-15H,16H2,1-2H3. The van der Waals surface area contributed by atoms with Crippen molar-refractivity contribution in [2.45, 2.75) is 30.2 Å². The molecule has 160 valence electrons. The number of nitrogens with zero attached hydrogens (tertiary/aromatic N) is 1. The maximum atomic E-state index is 13.2. The van der Waals surface area contributed by atoms with Gasteiger partial charge >= 0.3 is 0 Å². The summed E-state index contributed by atoms with van der Waals surface area (Å²) in [6, 6.07) is 25.8. The normalized spacial score (nSPS) is 13.8. The topological polar surface area (TPSA) is 37.4 Å². The zero-order valence-corrected chi connectivity index (χ0v) is 19.2. The SMILES string of the molecule is Cc1ccc2c(c1)Sc1cc(C)ccc1N2Cc1ccc2c(c1)C(=O)c1ccccc1C2=O. The van der Waals surface area contributed by atoms with Gasteiger partial charge in [0.2, 0.25) is 0 Å². The van der Waals surface area contributed by atoms with Crippen LogP contribution in [0.1, 0.15) is 48.5 Å². The van der Waals surface area contributed by atoms with Crippen LogP contribution in [0.3, 0.4) is 0 Å². The van der Waals surface area contributed by atoms with Gasteiger partial charge in [-0.15, -0.1) is 0 Å². The van der Waals surface area contributed by atoms with Gasteiger partial charge in [-0.2, -0.15) is 0 Å². The van der Waals surface area contributed by atoms with Gasteiger partial charge in [-0.3, -0.25) is 9.59 Å². The number of hydrogen-bond donors (Lipinski definition) is 0. The highest BCUT2D eigenvalue weighted by atomic mass is 32.2. The highest BCUT2D eigenvalue weighted by molar-refractivity contribution is 7.99. The van der Waals surface area contributed by atoms with Crippen LogP contribution in [0, 0.1) is 13.8 Å². The average molecular weight is 448 g/mol. The van der Waals surface area contributed by atoms with Crippen LogP contribution in [0.5, 0.6) is 0 Å². The van der Waals surface area contributed by atoms with Gasteiger partial charge in [0, 0.05) is 38.6 Å². The van der Waals surface area contributed by atoms with Gasteiger partial charge in [0.05, 0.1) is 11.4 Å². The van der Waals surface area contributed by atoms with Crippen LogP contribution >= 0.6 is 11.8 Å². The summed E-state index contributed by atoms with van der Waals surface area (Å²) in [4.78, 5) is 30.9. The molecule has 4 aromatic rings. The summed E-state index contributed by atoms with van der Waals surface area (Å²) in [5.41, 5.74) is 7.74. The van der Waals surface area contributed by atoms with Crippen molar-refractivity contribution in [3.63, 3.8) is 0 Å². The molecule has 0 fully saturated rings. The van der Waals surface area contributed by atoms with Crippen molar-refractivity contribution in [3.8, 4) is 0 Å². The number of carbonyl (C=O) groups is 2. The average Bonchev–Trinajstić information content (AvgIpc) is 2.82. The van der Waals surface area contributed by atoms with Gasteiger partial charge in [0.1, 0.15) is 0 Å². The number of carbonyl (C=O) groups excluding carboxylic acids is 2. The maximum Gasteiger partial charge on any atom is 0.194 e. The Labute approximate surface area is 197 Å². The molecule has 4 aromatic carbocycles. The van der Waals surface area contributed by atoms with E-state index < -0.39 is 0 Å². The van der Waals surface area contributed by atoms with E-state index in [1.54, 1.807) is 30.0 Å². The second kappa shape index (κ2) is 7.46. The molecule has 1 aliphatic heterocycles. The Morgan fingerprint density at radius 2 is 1.18 bits per heavy atom. The molecule has 0 saturated carbocycles.